The van der Waals surface area contributed by atoms with Gasteiger partial charge < -0.3 is 0 Å². The molecule has 4 aromatic rings. The second kappa shape index (κ2) is 8.73. The maximum Gasteiger partial charge on any atom is 0.0134 e. The molecule has 7 rings (SSSR count). The van der Waals surface area contributed by atoms with Crippen LogP contribution < -0.4 is 0 Å². The first-order valence-corrected chi connectivity index (χ1v) is 13.9. The molecule has 0 heteroatoms. The molecule has 0 radical (unpaired) electrons. The first kappa shape index (κ1) is 22.5. The third-order valence-corrected chi connectivity index (χ3v) is 9.14. The monoisotopic (exact) mass is 478 g/mol. The summed E-state index contributed by atoms with van der Waals surface area (Å²) in [5, 5.41) is 0. The van der Waals surface area contributed by atoms with E-state index >= 15 is 0 Å². The van der Waals surface area contributed by atoms with E-state index < -0.39 is 0 Å². The summed E-state index contributed by atoms with van der Waals surface area (Å²) in [5.74, 6) is 0. The third-order valence-electron chi connectivity index (χ3n) is 9.14. The lowest BCUT2D eigenvalue weighted by molar-refractivity contribution is 0.437. The Morgan fingerprint density at radius 1 is 0.541 bits per heavy atom. The Morgan fingerprint density at radius 3 is 1.46 bits per heavy atom. The van der Waals surface area contributed by atoms with Gasteiger partial charge in [0.1, 0.15) is 0 Å². The summed E-state index contributed by atoms with van der Waals surface area (Å²) in [6, 6.07) is 31.8. The molecule has 37 heavy (non-hydrogen) atoms. The first-order chi connectivity index (χ1) is 18.1. The van der Waals surface area contributed by atoms with Crippen molar-refractivity contribution in [3.8, 4) is 22.3 Å². The maximum atomic E-state index is 2.59. The van der Waals surface area contributed by atoms with Gasteiger partial charge in [-0.2, -0.15) is 0 Å². The van der Waals surface area contributed by atoms with Gasteiger partial charge in [0.15, 0.2) is 0 Å². The molecular formula is C37H34. The van der Waals surface area contributed by atoms with E-state index in [-0.39, 0.29) is 5.41 Å². The van der Waals surface area contributed by atoms with Crippen LogP contribution in [0.4, 0.5) is 0 Å². The molecule has 0 N–H and O–H groups in total. The van der Waals surface area contributed by atoms with Crippen LogP contribution in [0.1, 0.15) is 59.1 Å². The zero-order valence-corrected chi connectivity index (χ0v) is 22.0. The SMILES string of the molecule is Cc1cccc(-c2cccc3c2C=C(C2(C4=Cc5c(cccc5-c5cccc(C)c5)C4)CCCC2)C3)c1. The zero-order valence-electron chi connectivity index (χ0n) is 22.0. The van der Waals surface area contributed by atoms with Crippen LogP contribution in [0.3, 0.4) is 0 Å². The van der Waals surface area contributed by atoms with Crippen molar-refractivity contribution in [1.29, 1.82) is 0 Å². The summed E-state index contributed by atoms with van der Waals surface area (Å²) in [7, 11) is 0. The maximum absolute atomic E-state index is 2.59. The lowest BCUT2D eigenvalue weighted by Gasteiger charge is -2.33. The number of fused-ring (bicyclic) bond motifs is 2. The molecule has 0 nitrogen and oxygen atoms in total. The highest BCUT2D eigenvalue weighted by atomic mass is 14.5. The molecule has 3 aliphatic carbocycles. The molecule has 1 saturated carbocycles. The number of hydrogen-bond acceptors (Lipinski definition) is 0. The first-order valence-electron chi connectivity index (χ1n) is 13.9. The Morgan fingerprint density at radius 2 is 1.00 bits per heavy atom. The van der Waals surface area contributed by atoms with Gasteiger partial charge in [0.2, 0.25) is 0 Å². The van der Waals surface area contributed by atoms with E-state index in [9.17, 15) is 0 Å². The molecule has 0 spiro atoms. The summed E-state index contributed by atoms with van der Waals surface area (Å²) < 4.78 is 0. The van der Waals surface area contributed by atoms with Crippen LogP contribution in [0.2, 0.25) is 0 Å². The second-order valence-corrected chi connectivity index (χ2v) is 11.5. The van der Waals surface area contributed by atoms with Crippen LogP contribution in [0.15, 0.2) is 96.1 Å². The highest BCUT2D eigenvalue weighted by Crippen LogP contribution is 2.56. The molecule has 0 aromatic heterocycles. The fourth-order valence-electron chi connectivity index (χ4n) is 7.31. The van der Waals surface area contributed by atoms with Crippen LogP contribution in [0.5, 0.6) is 0 Å². The Balaban J connectivity index is 1.31. The summed E-state index contributed by atoms with van der Waals surface area (Å²) in [4.78, 5) is 0. The molecule has 4 aromatic carbocycles. The fourth-order valence-corrected chi connectivity index (χ4v) is 7.31. The van der Waals surface area contributed by atoms with E-state index in [1.807, 2.05) is 0 Å². The van der Waals surface area contributed by atoms with Crippen LogP contribution in [0, 0.1) is 19.3 Å². The van der Waals surface area contributed by atoms with Gasteiger partial charge in [-0.05, 0) is 84.0 Å². The minimum atomic E-state index is 0.200. The van der Waals surface area contributed by atoms with Crippen molar-refractivity contribution >= 4 is 12.2 Å². The van der Waals surface area contributed by atoms with Crippen molar-refractivity contribution < 1.29 is 0 Å². The van der Waals surface area contributed by atoms with Gasteiger partial charge in [-0.3, -0.25) is 0 Å². The van der Waals surface area contributed by atoms with Crippen molar-refractivity contribution in [2.24, 2.45) is 5.41 Å². The van der Waals surface area contributed by atoms with Gasteiger partial charge in [-0.15, -0.1) is 0 Å². The molecular weight excluding hydrogens is 444 g/mol. The van der Waals surface area contributed by atoms with E-state index in [1.54, 1.807) is 11.1 Å². The topological polar surface area (TPSA) is 0 Å². The normalized spacial score (nSPS) is 17.4. The average Bonchev–Trinajstić information content (AvgIpc) is 3.66. The minimum Gasteiger partial charge on any atom is -0.0614 e. The molecule has 0 aliphatic heterocycles. The number of allylic oxidation sites excluding steroid dienone is 2. The Bertz CT molecular complexity index is 1470. The van der Waals surface area contributed by atoms with Gasteiger partial charge in [-0.1, -0.05) is 132 Å². The Kier molecular flexibility index (Phi) is 5.32. The van der Waals surface area contributed by atoms with E-state index in [4.69, 9.17) is 0 Å². The zero-order chi connectivity index (χ0) is 25.0. The van der Waals surface area contributed by atoms with E-state index in [1.165, 1.54) is 81.3 Å². The van der Waals surface area contributed by atoms with Gasteiger partial charge in [0, 0.05) is 5.41 Å². The predicted molar refractivity (Wildman–Crippen MR) is 157 cm³/mol. The summed E-state index contributed by atoms with van der Waals surface area (Å²) >= 11 is 0. The molecule has 182 valence electrons. The number of hydrogen-bond donors (Lipinski definition) is 0. The average molecular weight is 479 g/mol. The van der Waals surface area contributed by atoms with Crippen LogP contribution in [0.25, 0.3) is 34.4 Å². The Labute approximate surface area is 221 Å². The molecule has 0 saturated heterocycles. The molecule has 0 unspecified atom stereocenters. The van der Waals surface area contributed by atoms with Crippen molar-refractivity contribution in [1.82, 2.24) is 0 Å². The number of benzene rings is 4. The van der Waals surface area contributed by atoms with Crippen molar-refractivity contribution in [3.63, 3.8) is 0 Å². The quantitative estimate of drug-likeness (QED) is 0.274. The molecule has 0 bridgehead atoms. The van der Waals surface area contributed by atoms with Crippen molar-refractivity contribution in [2.45, 2.75) is 52.4 Å². The number of aryl methyl sites for hydroxylation is 2. The highest BCUT2D eigenvalue weighted by molar-refractivity contribution is 5.84. The van der Waals surface area contributed by atoms with Crippen LogP contribution >= 0.6 is 0 Å². The van der Waals surface area contributed by atoms with Crippen molar-refractivity contribution in [3.05, 3.63) is 129 Å². The van der Waals surface area contributed by atoms with E-state index in [0.717, 1.165) is 12.8 Å². The minimum absolute atomic E-state index is 0.200. The molecule has 0 heterocycles. The summed E-state index contributed by atoms with van der Waals surface area (Å²) in [6.45, 7) is 4.38. The lowest BCUT2D eigenvalue weighted by atomic mass is 9.71. The van der Waals surface area contributed by atoms with E-state index in [0.29, 0.717) is 0 Å². The Hall–Kier alpha value is -3.64. The number of rotatable bonds is 4. The third kappa shape index (κ3) is 3.74. The van der Waals surface area contributed by atoms with Crippen molar-refractivity contribution in [2.75, 3.05) is 0 Å². The van der Waals surface area contributed by atoms with Crippen LogP contribution in [-0.2, 0) is 12.8 Å². The van der Waals surface area contributed by atoms with Crippen LogP contribution in [-0.4, -0.2) is 0 Å². The largest absolute Gasteiger partial charge is 0.0614 e. The highest BCUT2D eigenvalue weighted by Gasteiger charge is 2.43. The van der Waals surface area contributed by atoms with Gasteiger partial charge in [-0.25, -0.2) is 0 Å². The van der Waals surface area contributed by atoms with Gasteiger partial charge in [0.25, 0.3) is 0 Å². The standard InChI is InChI=1S/C37H34/c1-25-9-5-11-27(19-25)33-15-7-13-29-21-31(23-35(29)33)37(17-3-4-18-37)32-22-30-14-8-16-34(36(30)24-32)28-12-6-10-26(2)20-28/h5-16,19-20,23-24H,3-4,17-18,21-22H2,1-2H3. The lowest BCUT2D eigenvalue weighted by Crippen LogP contribution is -2.22. The smallest absolute Gasteiger partial charge is 0.0134 e. The molecule has 1 fully saturated rings. The van der Waals surface area contributed by atoms with Gasteiger partial charge in [0.05, 0.1) is 0 Å². The van der Waals surface area contributed by atoms with Gasteiger partial charge >= 0.3 is 0 Å². The predicted octanol–water partition coefficient (Wildman–Crippen LogP) is 9.78. The fraction of sp³-hybridized carbons (Fsp3) is 0.243. The molecule has 0 amide bonds. The second-order valence-electron chi connectivity index (χ2n) is 11.5. The molecule has 0 atom stereocenters. The summed E-state index contributed by atoms with van der Waals surface area (Å²) in [6.07, 6.45) is 12.6. The molecule has 3 aliphatic rings. The van der Waals surface area contributed by atoms with E-state index in [2.05, 4.69) is 111 Å². The summed E-state index contributed by atoms with van der Waals surface area (Å²) in [5.41, 5.74) is 17.5.